The number of nitrogens with one attached hydrogen (secondary N) is 2. The van der Waals surface area contributed by atoms with Crippen molar-refractivity contribution in [3.63, 3.8) is 0 Å². The maximum Gasteiger partial charge on any atom is 0.252 e. The highest BCUT2D eigenvalue weighted by Gasteiger charge is 2.35. The lowest BCUT2D eigenvalue weighted by atomic mass is 10.2. The number of alkyl halides is 3. The highest BCUT2D eigenvalue weighted by atomic mass is 35.6. The van der Waals surface area contributed by atoms with Gasteiger partial charge in [-0.2, -0.15) is 0 Å². The van der Waals surface area contributed by atoms with Gasteiger partial charge in [-0.25, -0.2) is 4.98 Å². The number of hydrogen-bond donors (Lipinski definition) is 2. The number of carbonyl (C=O) groups excluding carboxylic acids is 1. The molecule has 0 saturated heterocycles. The highest BCUT2D eigenvalue weighted by molar-refractivity contribution is 7.22. The van der Waals surface area contributed by atoms with Gasteiger partial charge >= 0.3 is 0 Å². The maximum atomic E-state index is 12.3. The molecule has 0 saturated carbocycles. The molecule has 0 fully saturated rings. The molecule has 0 radical (unpaired) electrons. The third-order valence-electron chi connectivity index (χ3n) is 3.26. The highest BCUT2D eigenvalue weighted by Crippen LogP contribution is 2.34. The molecule has 0 spiro atoms. The van der Waals surface area contributed by atoms with E-state index in [1.807, 2.05) is 6.07 Å². The molecule has 130 valence electrons. The molecule has 9 heteroatoms. The molecule has 0 aliphatic carbocycles. The van der Waals surface area contributed by atoms with Gasteiger partial charge in [0.1, 0.15) is 6.17 Å². The molecule has 0 aliphatic rings. The van der Waals surface area contributed by atoms with Gasteiger partial charge in [-0.05, 0) is 30.3 Å². The third kappa shape index (κ3) is 4.68. The molecule has 1 aromatic heterocycles. The average molecular weight is 435 g/mol. The number of fused-ring (bicyclic) bond motifs is 1. The number of hydrogen-bond acceptors (Lipinski definition) is 4. The van der Waals surface area contributed by atoms with E-state index in [-0.39, 0.29) is 5.91 Å². The Morgan fingerprint density at radius 3 is 2.52 bits per heavy atom. The molecular formula is C16H11Cl4N3OS. The summed E-state index contributed by atoms with van der Waals surface area (Å²) in [7, 11) is 0. The van der Waals surface area contributed by atoms with Gasteiger partial charge in [0.25, 0.3) is 5.91 Å². The number of aromatic nitrogens is 1. The smallest absolute Gasteiger partial charge is 0.252 e. The first-order valence-corrected chi connectivity index (χ1v) is 9.41. The van der Waals surface area contributed by atoms with Crippen LogP contribution in [-0.4, -0.2) is 20.8 Å². The molecule has 1 atom stereocenters. The van der Waals surface area contributed by atoms with Crippen LogP contribution >= 0.6 is 57.7 Å². The van der Waals surface area contributed by atoms with E-state index in [0.29, 0.717) is 15.7 Å². The third-order valence-corrected chi connectivity index (χ3v) is 5.10. The Balaban J connectivity index is 1.82. The van der Waals surface area contributed by atoms with Crippen molar-refractivity contribution in [1.82, 2.24) is 10.3 Å². The van der Waals surface area contributed by atoms with Crippen LogP contribution in [0.2, 0.25) is 5.02 Å². The van der Waals surface area contributed by atoms with Crippen molar-refractivity contribution >= 4 is 79.0 Å². The topological polar surface area (TPSA) is 54.0 Å². The Labute approximate surface area is 168 Å². The predicted octanol–water partition coefficient (Wildman–Crippen LogP) is 5.49. The second kappa shape index (κ2) is 7.56. The number of anilines is 1. The van der Waals surface area contributed by atoms with Crippen LogP contribution in [0.15, 0.2) is 48.5 Å². The van der Waals surface area contributed by atoms with Gasteiger partial charge < -0.3 is 10.6 Å². The van der Waals surface area contributed by atoms with Gasteiger partial charge in [-0.15, -0.1) is 0 Å². The van der Waals surface area contributed by atoms with Crippen molar-refractivity contribution < 1.29 is 4.79 Å². The molecule has 25 heavy (non-hydrogen) atoms. The van der Waals surface area contributed by atoms with Crippen molar-refractivity contribution in [2.45, 2.75) is 9.96 Å². The Hall–Kier alpha value is -1.24. The average Bonchev–Trinajstić information content (AvgIpc) is 2.95. The van der Waals surface area contributed by atoms with Crippen LogP contribution in [-0.2, 0) is 0 Å². The zero-order valence-electron chi connectivity index (χ0n) is 12.5. The molecular weight excluding hydrogens is 424 g/mol. The number of benzene rings is 2. The predicted molar refractivity (Wildman–Crippen MR) is 106 cm³/mol. The molecule has 1 heterocycles. The van der Waals surface area contributed by atoms with Crippen molar-refractivity contribution in [2.75, 3.05) is 5.32 Å². The van der Waals surface area contributed by atoms with Crippen LogP contribution in [0.3, 0.4) is 0 Å². The lowest BCUT2D eigenvalue weighted by molar-refractivity contribution is 0.0942. The van der Waals surface area contributed by atoms with Gasteiger partial charge in [0, 0.05) is 10.6 Å². The standard InChI is InChI=1S/C16H11Cl4N3OS/c17-10-6-7-11-12(8-10)25-15(21-11)23-14(16(18,19)20)22-13(24)9-4-2-1-3-5-9/h1-8,14H,(H,21,23)(H,22,24). The van der Waals surface area contributed by atoms with E-state index in [1.165, 1.54) is 11.3 Å². The monoisotopic (exact) mass is 433 g/mol. The van der Waals surface area contributed by atoms with E-state index in [1.54, 1.807) is 42.5 Å². The normalized spacial score (nSPS) is 12.8. The number of amides is 1. The van der Waals surface area contributed by atoms with Crippen molar-refractivity contribution in [1.29, 1.82) is 0 Å². The van der Waals surface area contributed by atoms with Gasteiger partial charge in [-0.1, -0.05) is 75.9 Å². The van der Waals surface area contributed by atoms with Crippen molar-refractivity contribution in [3.8, 4) is 0 Å². The lowest BCUT2D eigenvalue weighted by Crippen LogP contribution is -2.49. The quantitative estimate of drug-likeness (QED) is 0.421. The zero-order chi connectivity index (χ0) is 18.0. The first-order valence-electron chi connectivity index (χ1n) is 7.08. The van der Waals surface area contributed by atoms with Crippen molar-refractivity contribution in [3.05, 3.63) is 59.1 Å². The Kier molecular flexibility index (Phi) is 5.61. The number of halogens is 4. The van der Waals surface area contributed by atoms with Crippen LogP contribution in [0, 0.1) is 0 Å². The molecule has 2 N–H and O–H groups in total. The van der Waals surface area contributed by atoms with Crippen molar-refractivity contribution in [2.24, 2.45) is 0 Å². The Bertz CT molecular complexity index is 895. The van der Waals surface area contributed by atoms with Crippen LogP contribution < -0.4 is 10.6 Å². The maximum absolute atomic E-state index is 12.3. The zero-order valence-corrected chi connectivity index (χ0v) is 16.3. The van der Waals surface area contributed by atoms with E-state index < -0.39 is 9.96 Å². The second-order valence-electron chi connectivity index (χ2n) is 5.09. The molecule has 1 unspecified atom stereocenters. The van der Waals surface area contributed by atoms with Gasteiger partial charge in [0.2, 0.25) is 3.79 Å². The summed E-state index contributed by atoms with van der Waals surface area (Å²) in [5.74, 6) is -0.367. The minimum absolute atomic E-state index is 0.367. The Morgan fingerprint density at radius 2 is 1.84 bits per heavy atom. The fraction of sp³-hybridized carbons (Fsp3) is 0.125. The van der Waals surface area contributed by atoms with E-state index >= 15 is 0 Å². The van der Waals surface area contributed by atoms with E-state index in [9.17, 15) is 4.79 Å². The fourth-order valence-corrected chi connectivity index (χ4v) is 3.58. The summed E-state index contributed by atoms with van der Waals surface area (Å²) in [5, 5.41) is 6.75. The van der Waals surface area contributed by atoms with Gasteiger partial charge in [0.05, 0.1) is 10.2 Å². The summed E-state index contributed by atoms with van der Waals surface area (Å²) < 4.78 is -0.896. The van der Waals surface area contributed by atoms with E-state index in [2.05, 4.69) is 15.6 Å². The molecule has 3 rings (SSSR count). The van der Waals surface area contributed by atoms with E-state index in [4.69, 9.17) is 46.4 Å². The van der Waals surface area contributed by atoms with E-state index in [0.717, 1.165) is 10.2 Å². The number of carbonyl (C=O) groups is 1. The van der Waals surface area contributed by atoms with Crippen LogP contribution in [0.25, 0.3) is 10.2 Å². The number of rotatable bonds is 4. The molecule has 0 aliphatic heterocycles. The Morgan fingerprint density at radius 1 is 1.12 bits per heavy atom. The second-order valence-corrected chi connectivity index (χ2v) is 8.93. The molecule has 3 aromatic rings. The summed E-state index contributed by atoms with van der Waals surface area (Å²) >= 11 is 25.4. The summed E-state index contributed by atoms with van der Waals surface area (Å²) in [5.41, 5.74) is 1.22. The summed E-state index contributed by atoms with van der Waals surface area (Å²) in [6.45, 7) is 0. The summed E-state index contributed by atoms with van der Waals surface area (Å²) in [4.78, 5) is 16.8. The summed E-state index contributed by atoms with van der Waals surface area (Å²) in [6, 6.07) is 14.0. The molecule has 0 bridgehead atoms. The SMILES string of the molecule is O=C(NC(Nc1nc2ccc(Cl)cc2s1)C(Cl)(Cl)Cl)c1ccccc1. The fourth-order valence-electron chi connectivity index (χ4n) is 2.09. The van der Waals surface area contributed by atoms with Crippen LogP contribution in [0.4, 0.5) is 5.13 Å². The minimum atomic E-state index is -1.78. The number of thiazole rings is 1. The largest absolute Gasteiger partial charge is 0.338 e. The molecule has 1 amide bonds. The first kappa shape index (κ1) is 18.5. The van der Waals surface area contributed by atoms with Crippen LogP contribution in [0.5, 0.6) is 0 Å². The van der Waals surface area contributed by atoms with Gasteiger partial charge in [0.15, 0.2) is 5.13 Å². The van der Waals surface area contributed by atoms with Crippen LogP contribution in [0.1, 0.15) is 10.4 Å². The minimum Gasteiger partial charge on any atom is -0.338 e. The molecule has 2 aromatic carbocycles. The number of nitrogens with zero attached hydrogens (tertiary/aromatic N) is 1. The summed E-state index contributed by atoms with van der Waals surface area (Å²) in [6.07, 6.45) is -0.971. The lowest BCUT2D eigenvalue weighted by Gasteiger charge is -2.26. The molecule has 4 nitrogen and oxygen atoms in total. The first-order chi connectivity index (χ1) is 11.8. The van der Waals surface area contributed by atoms with Gasteiger partial charge in [-0.3, -0.25) is 4.79 Å².